The summed E-state index contributed by atoms with van der Waals surface area (Å²) in [5, 5.41) is 0. The summed E-state index contributed by atoms with van der Waals surface area (Å²) in [6.45, 7) is 4.19. The fraction of sp³-hybridized carbons (Fsp3) is 0.241. The molecule has 1 aliphatic rings. The summed E-state index contributed by atoms with van der Waals surface area (Å²) in [4.78, 5) is 28.6. The lowest BCUT2D eigenvalue weighted by atomic mass is 9.99. The summed E-state index contributed by atoms with van der Waals surface area (Å²) in [5.74, 6) is 0.0853. The van der Waals surface area contributed by atoms with Crippen LogP contribution < -0.4 is 14.4 Å². The van der Waals surface area contributed by atoms with E-state index in [0.29, 0.717) is 31.9 Å². The van der Waals surface area contributed by atoms with Crippen LogP contribution in [0.5, 0.6) is 11.5 Å². The number of hydrogen-bond donors (Lipinski definition) is 0. The van der Waals surface area contributed by atoms with Gasteiger partial charge in [0, 0.05) is 50.4 Å². The van der Waals surface area contributed by atoms with Gasteiger partial charge in [0.15, 0.2) is 5.78 Å². The molecule has 186 valence electrons. The second-order valence-electron chi connectivity index (χ2n) is 8.51. The maximum Gasteiger partial charge on any atom is 0.219 e. The number of ketones is 1. The number of rotatable bonds is 7. The number of ether oxygens (including phenoxy) is 2. The fourth-order valence-electron chi connectivity index (χ4n) is 4.37. The average molecular weight is 489 g/mol. The number of carbonyl (C=O) groups excluding carboxylic acids is 2. The highest BCUT2D eigenvalue weighted by Gasteiger charge is 2.21. The minimum Gasteiger partial charge on any atom is -0.497 e. The molecule has 0 unspecified atom stereocenters. The molecule has 3 aromatic carbocycles. The molecule has 0 aromatic heterocycles. The molecule has 1 heterocycles. The van der Waals surface area contributed by atoms with Crippen LogP contribution in [0.4, 0.5) is 10.1 Å². The number of methoxy groups -OCH3 is 2. The van der Waals surface area contributed by atoms with Crippen molar-refractivity contribution in [3.8, 4) is 22.6 Å². The van der Waals surface area contributed by atoms with Crippen molar-refractivity contribution in [2.75, 3.05) is 45.3 Å². The summed E-state index contributed by atoms with van der Waals surface area (Å²) in [6, 6.07) is 17.9. The maximum absolute atomic E-state index is 14.5. The van der Waals surface area contributed by atoms with Crippen LogP contribution in [0.15, 0.2) is 66.7 Å². The second kappa shape index (κ2) is 11.1. The Morgan fingerprint density at radius 2 is 1.67 bits per heavy atom. The molecule has 1 aliphatic heterocycles. The van der Waals surface area contributed by atoms with Gasteiger partial charge in [0.25, 0.3) is 0 Å². The largest absolute Gasteiger partial charge is 0.497 e. The first-order valence-electron chi connectivity index (χ1n) is 11.7. The Balaban J connectivity index is 1.69. The summed E-state index contributed by atoms with van der Waals surface area (Å²) in [5.41, 5.74) is 3.59. The molecule has 1 amide bonds. The Morgan fingerprint density at radius 3 is 2.33 bits per heavy atom. The normalized spacial score (nSPS) is 13.7. The Morgan fingerprint density at radius 1 is 0.917 bits per heavy atom. The van der Waals surface area contributed by atoms with E-state index in [-0.39, 0.29) is 11.5 Å². The molecule has 7 heteroatoms. The minimum atomic E-state index is -0.632. The van der Waals surface area contributed by atoms with Crippen molar-refractivity contribution < 1.29 is 23.5 Å². The van der Waals surface area contributed by atoms with Gasteiger partial charge >= 0.3 is 0 Å². The van der Waals surface area contributed by atoms with Crippen molar-refractivity contribution in [2.24, 2.45) is 0 Å². The van der Waals surface area contributed by atoms with Crippen molar-refractivity contribution in [3.63, 3.8) is 0 Å². The van der Waals surface area contributed by atoms with Crippen LogP contribution in [-0.4, -0.2) is 57.0 Å². The summed E-state index contributed by atoms with van der Waals surface area (Å²) < 4.78 is 25.0. The number of piperazine rings is 1. The van der Waals surface area contributed by atoms with E-state index in [1.54, 1.807) is 26.2 Å². The lowest BCUT2D eigenvalue weighted by Gasteiger charge is -2.36. The molecule has 1 fully saturated rings. The zero-order chi connectivity index (χ0) is 25.7. The topological polar surface area (TPSA) is 59.1 Å². The average Bonchev–Trinajstić information content (AvgIpc) is 2.91. The molecule has 0 aliphatic carbocycles. The number of para-hydroxylation sites is 1. The standard InChI is InChI=1S/C29H29FN2O4/c1-20(33)31-14-16-32(17-15-31)27-12-8-21(24-6-4-5-7-29(24)36-3)18-22(27)9-13-28(34)25-11-10-23(35-2)19-26(25)30/h4-13,18-19H,14-17H2,1-3H3/b13-9+. The van der Waals surface area contributed by atoms with Gasteiger partial charge in [0.05, 0.1) is 19.8 Å². The molecular formula is C29H29FN2O4. The lowest BCUT2D eigenvalue weighted by molar-refractivity contribution is -0.129. The minimum absolute atomic E-state index is 0.0236. The number of benzene rings is 3. The first-order chi connectivity index (χ1) is 17.4. The van der Waals surface area contributed by atoms with Crippen LogP contribution in [0.1, 0.15) is 22.8 Å². The number of hydrogen-bond acceptors (Lipinski definition) is 5. The van der Waals surface area contributed by atoms with Crippen molar-refractivity contribution >= 4 is 23.5 Å². The molecule has 4 rings (SSSR count). The van der Waals surface area contributed by atoms with Gasteiger partial charge in [-0.1, -0.05) is 24.3 Å². The van der Waals surface area contributed by atoms with E-state index in [2.05, 4.69) is 4.90 Å². The van der Waals surface area contributed by atoms with Crippen molar-refractivity contribution in [3.05, 3.63) is 83.7 Å². The number of anilines is 1. The zero-order valence-corrected chi connectivity index (χ0v) is 20.7. The predicted octanol–water partition coefficient (Wildman–Crippen LogP) is 5.07. The monoisotopic (exact) mass is 488 g/mol. The Labute approximate surface area is 210 Å². The Bertz CT molecular complexity index is 1300. The van der Waals surface area contributed by atoms with Crippen LogP contribution in [-0.2, 0) is 4.79 Å². The number of amides is 1. The lowest BCUT2D eigenvalue weighted by Crippen LogP contribution is -2.48. The van der Waals surface area contributed by atoms with E-state index in [0.717, 1.165) is 28.1 Å². The van der Waals surface area contributed by atoms with Gasteiger partial charge in [-0.3, -0.25) is 9.59 Å². The SMILES string of the molecule is COc1ccc(C(=O)/C=C/c2cc(-c3ccccc3OC)ccc2N2CCN(C(C)=O)CC2)c(F)c1. The number of carbonyl (C=O) groups is 2. The van der Waals surface area contributed by atoms with Gasteiger partial charge in [-0.05, 0) is 53.6 Å². The third kappa shape index (κ3) is 5.40. The van der Waals surface area contributed by atoms with Crippen LogP contribution in [0.2, 0.25) is 0 Å². The molecule has 36 heavy (non-hydrogen) atoms. The smallest absolute Gasteiger partial charge is 0.219 e. The molecule has 0 bridgehead atoms. The van der Waals surface area contributed by atoms with Crippen molar-refractivity contribution in [1.29, 1.82) is 0 Å². The highest BCUT2D eigenvalue weighted by Crippen LogP contribution is 2.34. The summed E-state index contributed by atoms with van der Waals surface area (Å²) >= 11 is 0. The zero-order valence-electron chi connectivity index (χ0n) is 20.7. The molecule has 0 N–H and O–H groups in total. The number of nitrogens with zero attached hydrogens (tertiary/aromatic N) is 2. The van der Waals surface area contributed by atoms with Gasteiger partial charge in [0.1, 0.15) is 17.3 Å². The van der Waals surface area contributed by atoms with Gasteiger partial charge < -0.3 is 19.3 Å². The third-order valence-electron chi connectivity index (χ3n) is 6.37. The molecule has 0 radical (unpaired) electrons. The molecular weight excluding hydrogens is 459 g/mol. The van der Waals surface area contributed by atoms with Crippen LogP contribution in [0.3, 0.4) is 0 Å². The van der Waals surface area contributed by atoms with Crippen molar-refractivity contribution in [2.45, 2.75) is 6.92 Å². The maximum atomic E-state index is 14.5. The van der Waals surface area contributed by atoms with Crippen LogP contribution >= 0.6 is 0 Å². The van der Waals surface area contributed by atoms with Gasteiger partial charge in [-0.2, -0.15) is 0 Å². The van der Waals surface area contributed by atoms with Gasteiger partial charge in [-0.25, -0.2) is 4.39 Å². The quantitative estimate of drug-likeness (QED) is 0.343. The van der Waals surface area contributed by atoms with Gasteiger partial charge in [-0.15, -0.1) is 0 Å². The first kappa shape index (κ1) is 25.0. The van der Waals surface area contributed by atoms with E-state index in [1.807, 2.05) is 47.4 Å². The second-order valence-corrected chi connectivity index (χ2v) is 8.51. The van der Waals surface area contributed by atoms with E-state index < -0.39 is 11.6 Å². The van der Waals surface area contributed by atoms with E-state index in [1.165, 1.54) is 25.3 Å². The Hall–Kier alpha value is -4.13. The van der Waals surface area contributed by atoms with E-state index in [4.69, 9.17) is 9.47 Å². The molecule has 0 spiro atoms. The highest BCUT2D eigenvalue weighted by molar-refractivity contribution is 6.07. The summed E-state index contributed by atoms with van der Waals surface area (Å²) in [6.07, 6.45) is 3.11. The van der Waals surface area contributed by atoms with Crippen LogP contribution in [0, 0.1) is 5.82 Å². The molecule has 3 aromatic rings. The molecule has 0 atom stereocenters. The first-order valence-corrected chi connectivity index (χ1v) is 11.7. The third-order valence-corrected chi connectivity index (χ3v) is 6.37. The molecule has 1 saturated heterocycles. The van der Waals surface area contributed by atoms with Crippen molar-refractivity contribution in [1.82, 2.24) is 4.90 Å². The van der Waals surface area contributed by atoms with Gasteiger partial charge in [0.2, 0.25) is 5.91 Å². The predicted molar refractivity (Wildman–Crippen MR) is 139 cm³/mol. The fourth-order valence-corrected chi connectivity index (χ4v) is 4.37. The van der Waals surface area contributed by atoms with E-state index in [9.17, 15) is 14.0 Å². The number of halogens is 1. The Kier molecular flexibility index (Phi) is 7.68. The molecule has 0 saturated carbocycles. The summed E-state index contributed by atoms with van der Waals surface area (Å²) in [7, 11) is 3.08. The number of allylic oxidation sites excluding steroid dienone is 1. The van der Waals surface area contributed by atoms with E-state index >= 15 is 0 Å². The van der Waals surface area contributed by atoms with Crippen LogP contribution in [0.25, 0.3) is 17.2 Å². The highest BCUT2D eigenvalue weighted by atomic mass is 19.1. The molecule has 6 nitrogen and oxygen atoms in total.